The van der Waals surface area contributed by atoms with E-state index in [1.165, 1.54) is 77.0 Å². The van der Waals surface area contributed by atoms with Gasteiger partial charge in [-0.25, -0.2) is 4.79 Å². The van der Waals surface area contributed by atoms with E-state index >= 15 is 0 Å². The largest absolute Gasteiger partial charge is 0.477 e. The zero-order valence-electron chi connectivity index (χ0n) is 48.4. The van der Waals surface area contributed by atoms with Gasteiger partial charge in [-0.1, -0.05) is 238 Å². The number of carbonyl (C=O) groups is 3. The molecule has 9 heteroatoms. The monoisotopic (exact) mass is 1040 g/mol. The minimum Gasteiger partial charge on any atom is -0.477 e. The highest BCUT2D eigenvalue weighted by molar-refractivity contribution is 5.71. The third-order valence-corrected chi connectivity index (χ3v) is 12.2. The van der Waals surface area contributed by atoms with Gasteiger partial charge in [0, 0.05) is 12.8 Å². The molecule has 0 heterocycles. The molecule has 9 nitrogen and oxygen atoms in total. The van der Waals surface area contributed by atoms with Gasteiger partial charge < -0.3 is 28.5 Å². The highest BCUT2D eigenvalue weighted by Gasteiger charge is 2.25. The maximum Gasteiger partial charge on any atom is 0.361 e. The summed E-state index contributed by atoms with van der Waals surface area (Å²) < 4.78 is 22.8. The first-order valence-corrected chi connectivity index (χ1v) is 29.7. The van der Waals surface area contributed by atoms with E-state index in [4.69, 9.17) is 18.9 Å². The molecule has 0 saturated carbocycles. The molecule has 0 radical (unpaired) electrons. The van der Waals surface area contributed by atoms with Crippen molar-refractivity contribution in [3.05, 3.63) is 122 Å². The summed E-state index contributed by atoms with van der Waals surface area (Å²) in [4.78, 5) is 37.3. The normalized spacial score (nSPS) is 13.7. The van der Waals surface area contributed by atoms with E-state index in [2.05, 4.69) is 135 Å². The Morgan fingerprint density at radius 3 is 1.13 bits per heavy atom. The van der Waals surface area contributed by atoms with Gasteiger partial charge in [0.25, 0.3) is 6.29 Å². The number of carboxylic acids is 1. The maximum atomic E-state index is 12.8. The van der Waals surface area contributed by atoms with E-state index in [0.29, 0.717) is 23.9 Å². The molecule has 0 amide bonds. The van der Waals surface area contributed by atoms with Crippen LogP contribution in [0.5, 0.6) is 0 Å². The number of carboxylic acid groups (broad SMARTS) is 1. The van der Waals surface area contributed by atoms with Crippen molar-refractivity contribution in [2.24, 2.45) is 0 Å². The number of hydrogen-bond donors (Lipinski definition) is 1. The predicted octanol–water partition coefficient (Wildman–Crippen LogP) is 17.7. The molecule has 0 rings (SSSR count). The zero-order valence-corrected chi connectivity index (χ0v) is 48.4. The van der Waals surface area contributed by atoms with Gasteiger partial charge in [0.2, 0.25) is 0 Å². The molecule has 2 unspecified atom stereocenters. The van der Waals surface area contributed by atoms with Crippen molar-refractivity contribution in [1.82, 2.24) is 0 Å². The Hall–Kier alpha value is -4.31. The van der Waals surface area contributed by atoms with Crippen LogP contribution in [0.25, 0.3) is 0 Å². The summed E-state index contributed by atoms with van der Waals surface area (Å²) in [5.74, 6) is -2.03. The Morgan fingerprint density at radius 2 is 0.760 bits per heavy atom. The summed E-state index contributed by atoms with van der Waals surface area (Å²) in [6.45, 7) is 4.73. The molecular formula is C66H110NO8+. The highest BCUT2D eigenvalue weighted by Crippen LogP contribution is 2.15. The molecular weight excluding hydrogens is 935 g/mol. The smallest absolute Gasteiger partial charge is 0.361 e. The Labute approximate surface area is 459 Å². The summed E-state index contributed by atoms with van der Waals surface area (Å²) in [5.41, 5.74) is 0. The fourth-order valence-corrected chi connectivity index (χ4v) is 7.69. The van der Waals surface area contributed by atoms with Crippen LogP contribution in [0.3, 0.4) is 0 Å². The molecule has 0 aromatic heterocycles. The van der Waals surface area contributed by atoms with Crippen molar-refractivity contribution >= 4 is 17.9 Å². The van der Waals surface area contributed by atoms with Crippen LogP contribution in [0.2, 0.25) is 0 Å². The molecule has 0 aliphatic carbocycles. The van der Waals surface area contributed by atoms with Crippen molar-refractivity contribution in [2.75, 3.05) is 47.5 Å². The lowest BCUT2D eigenvalue weighted by atomic mass is 10.1. The number of allylic oxidation sites excluding steroid dienone is 20. The maximum absolute atomic E-state index is 12.8. The van der Waals surface area contributed by atoms with Crippen LogP contribution in [0, 0.1) is 0 Å². The number of esters is 2. The number of ether oxygens (including phenoxy) is 4. The molecule has 0 spiro atoms. The van der Waals surface area contributed by atoms with E-state index in [1.807, 2.05) is 21.1 Å². The number of likely N-dealkylation sites (N-methyl/N-ethyl adjacent to an activating group) is 1. The van der Waals surface area contributed by atoms with Crippen LogP contribution in [-0.4, -0.2) is 87.4 Å². The third kappa shape index (κ3) is 57.2. The van der Waals surface area contributed by atoms with Crippen molar-refractivity contribution in [2.45, 2.75) is 232 Å². The minimum atomic E-state index is -1.52. The van der Waals surface area contributed by atoms with Crippen molar-refractivity contribution in [3.8, 4) is 0 Å². The lowest BCUT2D eigenvalue weighted by molar-refractivity contribution is -0.870. The number of rotatable bonds is 53. The van der Waals surface area contributed by atoms with Crippen LogP contribution in [0.15, 0.2) is 122 Å². The van der Waals surface area contributed by atoms with Gasteiger partial charge in [-0.05, 0) is 89.9 Å². The van der Waals surface area contributed by atoms with Gasteiger partial charge in [-0.3, -0.25) is 9.59 Å². The van der Waals surface area contributed by atoms with E-state index in [1.54, 1.807) is 0 Å². The highest BCUT2D eigenvalue weighted by atomic mass is 16.7. The fraction of sp³-hybridized carbons (Fsp3) is 0.652. The van der Waals surface area contributed by atoms with Crippen LogP contribution in [0.1, 0.15) is 219 Å². The first-order chi connectivity index (χ1) is 36.6. The topological polar surface area (TPSA) is 108 Å². The molecule has 426 valence electrons. The Morgan fingerprint density at radius 1 is 0.413 bits per heavy atom. The summed E-state index contributed by atoms with van der Waals surface area (Å²) in [6, 6.07) is 0. The number of carbonyl (C=O) groups excluding carboxylic acids is 2. The second-order valence-electron chi connectivity index (χ2n) is 20.6. The van der Waals surface area contributed by atoms with E-state index < -0.39 is 24.3 Å². The molecule has 1 N–H and O–H groups in total. The number of hydrogen-bond acceptors (Lipinski definition) is 7. The lowest BCUT2D eigenvalue weighted by Crippen LogP contribution is -2.40. The first kappa shape index (κ1) is 70.7. The Balaban J connectivity index is 4.15. The second kappa shape index (κ2) is 55.9. The first-order valence-electron chi connectivity index (χ1n) is 29.7. The fourth-order valence-electron chi connectivity index (χ4n) is 7.69. The van der Waals surface area contributed by atoms with Crippen LogP contribution < -0.4 is 0 Å². The van der Waals surface area contributed by atoms with E-state index in [0.717, 1.165) is 109 Å². The SMILES string of the molecule is CC/C=C\C/C=C\C/C=C\C/C=C\C/C=C\C/C=C\C/C=C\C/C=C\C/C=C\C/C=C\CCCCCCCCCCC(=O)OC(COC(=O)CCCCCCCCCCCCC)COC(OCC[N+](C)(C)C)C(=O)O. The predicted molar refractivity (Wildman–Crippen MR) is 318 cm³/mol. The molecule has 0 aliphatic rings. The van der Waals surface area contributed by atoms with Gasteiger partial charge in [-0.15, -0.1) is 0 Å². The van der Waals surface area contributed by atoms with E-state index in [9.17, 15) is 19.5 Å². The summed E-state index contributed by atoms with van der Waals surface area (Å²) in [7, 11) is 5.95. The standard InChI is InChI=1S/C66H109NO8/c1-6-8-10-12-14-16-18-19-20-21-22-23-24-25-26-27-28-29-30-31-32-33-34-35-36-37-38-39-40-41-42-43-44-45-47-49-51-53-55-57-64(69)75-62(61-74-66(65(70)71)72-59-58-67(3,4)5)60-73-63(68)56-54-52-50-48-46-17-15-13-11-9-7-2/h8,10,14,16,19-20,22-23,25-26,28-29,31-32,34-35,37-38,40-41,62,66H,6-7,9,11-13,15,17-18,21,24,27,30,33,36,39,42-61H2,1-5H3/p+1/b10-8-,16-14-,20-19-,23-22-,26-25-,29-28-,32-31-,35-34-,38-37-,41-40-. The number of unbranched alkanes of at least 4 members (excludes halogenated alkanes) is 18. The van der Waals surface area contributed by atoms with Crippen LogP contribution >= 0.6 is 0 Å². The number of aliphatic carboxylic acids is 1. The molecule has 75 heavy (non-hydrogen) atoms. The lowest BCUT2D eigenvalue weighted by Gasteiger charge is -2.25. The number of nitrogens with zero attached hydrogens (tertiary/aromatic N) is 1. The summed E-state index contributed by atoms with van der Waals surface area (Å²) in [5, 5.41) is 9.68. The average molecular weight is 1050 g/mol. The molecule has 0 aromatic rings. The summed E-state index contributed by atoms with van der Waals surface area (Å²) in [6.07, 6.45) is 75.8. The molecule has 0 aliphatic heterocycles. The molecule has 0 bridgehead atoms. The van der Waals surface area contributed by atoms with Gasteiger partial charge in [0.15, 0.2) is 6.10 Å². The average Bonchev–Trinajstić information content (AvgIpc) is 3.38. The van der Waals surface area contributed by atoms with Gasteiger partial charge in [0.05, 0.1) is 34.4 Å². The quantitative estimate of drug-likeness (QED) is 0.0211. The van der Waals surface area contributed by atoms with Crippen LogP contribution in [-0.2, 0) is 33.3 Å². The summed E-state index contributed by atoms with van der Waals surface area (Å²) >= 11 is 0. The third-order valence-electron chi connectivity index (χ3n) is 12.2. The molecule has 2 atom stereocenters. The van der Waals surface area contributed by atoms with Crippen molar-refractivity contribution in [3.63, 3.8) is 0 Å². The Kier molecular flexibility index (Phi) is 52.7. The zero-order chi connectivity index (χ0) is 54.8. The minimum absolute atomic E-state index is 0.182. The Bertz CT molecular complexity index is 1640. The van der Waals surface area contributed by atoms with Gasteiger partial charge in [-0.2, -0.15) is 0 Å². The molecule has 0 saturated heterocycles. The van der Waals surface area contributed by atoms with Crippen molar-refractivity contribution < 1.29 is 42.9 Å². The van der Waals surface area contributed by atoms with E-state index in [-0.39, 0.29) is 32.2 Å². The van der Waals surface area contributed by atoms with Gasteiger partial charge in [0.1, 0.15) is 13.2 Å². The second-order valence-corrected chi connectivity index (χ2v) is 20.6. The van der Waals surface area contributed by atoms with Crippen molar-refractivity contribution in [1.29, 1.82) is 0 Å². The number of quaternary nitrogens is 1. The molecule has 0 aromatic carbocycles. The molecule has 0 fully saturated rings. The van der Waals surface area contributed by atoms with Crippen LogP contribution in [0.4, 0.5) is 0 Å². The van der Waals surface area contributed by atoms with Gasteiger partial charge >= 0.3 is 17.9 Å².